The number of rotatable bonds is 5. The van der Waals surface area contributed by atoms with E-state index < -0.39 is 16.1 Å². The van der Waals surface area contributed by atoms with Crippen LogP contribution in [0.2, 0.25) is 10.0 Å². The Labute approximate surface area is 145 Å². The first-order valence-corrected chi connectivity index (χ1v) is 9.03. The first-order chi connectivity index (χ1) is 10.7. The number of halogens is 2. The Morgan fingerprint density at radius 1 is 1.04 bits per heavy atom. The number of carbonyl (C=O) groups is 1. The van der Waals surface area contributed by atoms with Crippen molar-refractivity contribution in [2.45, 2.75) is 24.8 Å². The lowest BCUT2D eigenvalue weighted by Gasteiger charge is -2.15. The number of ketones is 1. The number of hydrogen-bond donors (Lipinski definition) is 1. The average Bonchev–Trinajstić information content (AvgIpc) is 2.49. The molecule has 0 aliphatic heterocycles. The van der Waals surface area contributed by atoms with Crippen molar-refractivity contribution in [3.63, 3.8) is 0 Å². The van der Waals surface area contributed by atoms with E-state index >= 15 is 0 Å². The van der Waals surface area contributed by atoms with Crippen LogP contribution in [-0.2, 0) is 10.0 Å². The first kappa shape index (κ1) is 17.9. The zero-order chi connectivity index (χ0) is 17.2. The SMILES string of the molecule is CC(=O)c1ccc(S(=O)(=O)NC(C)c2ccc(Cl)c(Cl)c2)cc1. The summed E-state index contributed by atoms with van der Waals surface area (Å²) in [5.74, 6) is -0.119. The first-order valence-electron chi connectivity index (χ1n) is 6.79. The predicted octanol–water partition coefficient (Wildman–Crippen LogP) is 4.24. The van der Waals surface area contributed by atoms with Gasteiger partial charge in [0.15, 0.2) is 5.78 Å². The Balaban J connectivity index is 2.22. The number of carbonyl (C=O) groups excluding carboxylic acids is 1. The second kappa shape index (κ2) is 7.01. The minimum Gasteiger partial charge on any atom is -0.295 e. The maximum Gasteiger partial charge on any atom is 0.241 e. The second-order valence-electron chi connectivity index (χ2n) is 5.10. The van der Waals surface area contributed by atoms with Crippen LogP contribution in [0.4, 0.5) is 0 Å². The standard InChI is InChI=1S/C16H15Cl2NO3S/c1-10(13-5-8-15(17)16(18)9-13)19-23(21,22)14-6-3-12(4-7-14)11(2)20/h3-10,19H,1-2H3. The van der Waals surface area contributed by atoms with Gasteiger partial charge in [-0.3, -0.25) is 4.79 Å². The van der Waals surface area contributed by atoms with Crippen molar-refractivity contribution in [2.24, 2.45) is 0 Å². The van der Waals surface area contributed by atoms with Gasteiger partial charge in [0.05, 0.1) is 14.9 Å². The van der Waals surface area contributed by atoms with Crippen molar-refractivity contribution in [1.82, 2.24) is 4.72 Å². The molecule has 0 aliphatic rings. The Bertz CT molecular complexity index is 833. The molecule has 0 bridgehead atoms. The van der Waals surface area contributed by atoms with Crippen LogP contribution in [0.25, 0.3) is 0 Å². The van der Waals surface area contributed by atoms with Gasteiger partial charge in [0.2, 0.25) is 10.0 Å². The molecule has 1 atom stereocenters. The van der Waals surface area contributed by atoms with Crippen molar-refractivity contribution in [2.75, 3.05) is 0 Å². The van der Waals surface area contributed by atoms with Crippen molar-refractivity contribution in [3.05, 3.63) is 63.6 Å². The Morgan fingerprint density at radius 2 is 1.65 bits per heavy atom. The van der Waals surface area contributed by atoms with E-state index in [1.165, 1.54) is 31.2 Å². The van der Waals surface area contributed by atoms with Gasteiger partial charge in [-0.25, -0.2) is 13.1 Å². The lowest BCUT2D eigenvalue weighted by Crippen LogP contribution is -2.26. The maximum absolute atomic E-state index is 12.4. The van der Waals surface area contributed by atoms with Crippen molar-refractivity contribution in [3.8, 4) is 0 Å². The zero-order valence-corrected chi connectivity index (χ0v) is 14.8. The lowest BCUT2D eigenvalue weighted by atomic mass is 10.1. The second-order valence-corrected chi connectivity index (χ2v) is 7.63. The molecule has 7 heteroatoms. The van der Waals surface area contributed by atoms with Crippen LogP contribution in [0, 0.1) is 0 Å². The molecule has 0 fully saturated rings. The van der Waals surface area contributed by atoms with Gasteiger partial charge in [-0.05, 0) is 43.7 Å². The monoisotopic (exact) mass is 371 g/mol. The summed E-state index contributed by atoms with van der Waals surface area (Å²) < 4.78 is 27.4. The van der Waals surface area contributed by atoms with Crippen LogP contribution >= 0.6 is 23.2 Å². The Hall–Kier alpha value is -1.40. The fraction of sp³-hybridized carbons (Fsp3) is 0.188. The number of hydrogen-bond acceptors (Lipinski definition) is 3. The molecule has 0 aliphatic carbocycles. The van der Waals surface area contributed by atoms with E-state index in [0.717, 1.165) is 0 Å². The maximum atomic E-state index is 12.4. The largest absolute Gasteiger partial charge is 0.295 e. The van der Waals surface area contributed by atoms with Crippen LogP contribution in [0.1, 0.15) is 35.8 Å². The molecule has 0 radical (unpaired) electrons. The number of sulfonamides is 1. The molecule has 0 heterocycles. The number of benzene rings is 2. The summed E-state index contributed by atoms with van der Waals surface area (Å²) in [4.78, 5) is 11.3. The van der Waals surface area contributed by atoms with Crippen LogP contribution in [0.5, 0.6) is 0 Å². The Morgan fingerprint density at radius 3 is 2.17 bits per heavy atom. The third kappa shape index (κ3) is 4.32. The summed E-state index contributed by atoms with van der Waals surface area (Å²) in [5, 5.41) is 0.770. The van der Waals surface area contributed by atoms with Gasteiger partial charge in [0, 0.05) is 11.6 Å². The van der Waals surface area contributed by atoms with Crippen molar-refractivity contribution < 1.29 is 13.2 Å². The third-order valence-electron chi connectivity index (χ3n) is 3.35. The smallest absolute Gasteiger partial charge is 0.241 e. The highest BCUT2D eigenvalue weighted by atomic mass is 35.5. The van der Waals surface area contributed by atoms with Crippen LogP contribution < -0.4 is 4.72 Å². The number of nitrogens with one attached hydrogen (secondary N) is 1. The summed E-state index contributed by atoms with van der Waals surface area (Å²) in [6.45, 7) is 3.13. The molecule has 0 saturated carbocycles. The van der Waals surface area contributed by atoms with Crippen LogP contribution in [0.3, 0.4) is 0 Å². The predicted molar refractivity (Wildman–Crippen MR) is 91.6 cm³/mol. The molecule has 0 aromatic heterocycles. The van der Waals surface area contributed by atoms with Crippen molar-refractivity contribution >= 4 is 39.0 Å². The summed E-state index contributed by atoms with van der Waals surface area (Å²) >= 11 is 11.8. The van der Waals surface area contributed by atoms with E-state index in [9.17, 15) is 13.2 Å². The summed E-state index contributed by atoms with van der Waals surface area (Å²) in [6, 6.07) is 10.2. The van der Waals surface area contributed by atoms with Gasteiger partial charge in [0.1, 0.15) is 0 Å². The molecule has 1 N–H and O–H groups in total. The van der Waals surface area contributed by atoms with E-state index in [-0.39, 0.29) is 10.7 Å². The fourth-order valence-corrected chi connectivity index (χ4v) is 3.56. The molecule has 4 nitrogen and oxygen atoms in total. The van der Waals surface area contributed by atoms with Gasteiger partial charge in [0.25, 0.3) is 0 Å². The molecule has 0 saturated heterocycles. The van der Waals surface area contributed by atoms with E-state index in [4.69, 9.17) is 23.2 Å². The molecule has 1 unspecified atom stereocenters. The summed E-state index contributed by atoms with van der Waals surface area (Å²) in [6.07, 6.45) is 0. The molecule has 0 amide bonds. The highest BCUT2D eigenvalue weighted by molar-refractivity contribution is 7.89. The average molecular weight is 372 g/mol. The molecule has 0 spiro atoms. The highest BCUT2D eigenvalue weighted by Gasteiger charge is 2.19. The molecular formula is C16H15Cl2NO3S. The van der Waals surface area contributed by atoms with Gasteiger partial charge in [-0.1, -0.05) is 41.4 Å². The fourth-order valence-electron chi connectivity index (χ4n) is 2.02. The lowest BCUT2D eigenvalue weighted by molar-refractivity contribution is 0.101. The topological polar surface area (TPSA) is 63.2 Å². The molecular weight excluding hydrogens is 357 g/mol. The zero-order valence-electron chi connectivity index (χ0n) is 12.5. The van der Waals surface area contributed by atoms with Gasteiger partial charge in [-0.15, -0.1) is 0 Å². The number of Topliss-reactive ketones (excluding diaryl/α,β-unsaturated/α-hetero) is 1. The van der Waals surface area contributed by atoms with E-state index in [0.29, 0.717) is 21.2 Å². The highest BCUT2D eigenvalue weighted by Crippen LogP contribution is 2.26. The molecule has 23 heavy (non-hydrogen) atoms. The van der Waals surface area contributed by atoms with Gasteiger partial charge < -0.3 is 0 Å². The van der Waals surface area contributed by atoms with Crippen LogP contribution in [-0.4, -0.2) is 14.2 Å². The summed E-state index contributed by atoms with van der Waals surface area (Å²) in [5.41, 5.74) is 1.16. The van der Waals surface area contributed by atoms with E-state index in [1.807, 2.05) is 0 Å². The van der Waals surface area contributed by atoms with Gasteiger partial charge in [-0.2, -0.15) is 0 Å². The molecule has 2 rings (SSSR count). The Kier molecular flexibility index (Phi) is 5.47. The summed E-state index contributed by atoms with van der Waals surface area (Å²) in [7, 11) is -3.71. The van der Waals surface area contributed by atoms with Crippen LogP contribution in [0.15, 0.2) is 47.4 Å². The van der Waals surface area contributed by atoms with Gasteiger partial charge >= 0.3 is 0 Å². The molecule has 2 aromatic rings. The van der Waals surface area contributed by atoms with E-state index in [1.54, 1.807) is 25.1 Å². The quantitative estimate of drug-likeness (QED) is 0.799. The molecule has 122 valence electrons. The van der Waals surface area contributed by atoms with Crippen molar-refractivity contribution in [1.29, 1.82) is 0 Å². The van der Waals surface area contributed by atoms with E-state index in [2.05, 4.69) is 4.72 Å². The minimum atomic E-state index is -3.71. The third-order valence-corrected chi connectivity index (χ3v) is 5.64. The normalized spacial score (nSPS) is 12.9. The molecule has 2 aromatic carbocycles. The minimum absolute atomic E-state index is 0.0920.